The van der Waals surface area contributed by atoms with Crippen molar-refractivity contribution in [3.05, 3.63) is 11.3 Å². The minimum Gasteiger partial charge on any atom is -0.449 e. The molecule has 0 unspecified atom stereocenters. The molecule has 0 aromatic carbocycles. The second kappa shape index (κ2) is 3.44. The fourth-order valence-electron chi connectivity index (χ4n) is 0.736. The topological polar surface area (TPSA) is 64.4 Å². The third-order valence-electron chi connectivity index (χ3n) is 1.24. The lowest BCUT2D eigenvalue weighted by molar-refractivity contribution is 0.144. The van der Waals surface area contributed by atoms with Gasteiger partial charge in [-0.3, -0.25) is 4.68 Å². The summed E-state index contributed by atoms with van der Waals surface area (Å²) in [6.07, 6.45) is -0.132. The van der Waals surface area contributed by atoms with Crippen molar-refractivity contribution in [1.29, 1.82) is 0 Å². The highest BCUT2D eigenvalue weighted by molar-refractivity contribution is 6.31. The number of ether oxygens (including phenoxy) is 1. The Morgan fingerprint density at radius 2 is 2.58 bits per heavy atom. The molecule has 0 aliphatic heterocycles. The number of aryl methyl sites for hydroxylation is 1. The quantitative estimate of drug-likeness (QED) is 0.720. The van der Waals surface area contributed by atoms with Gasteiger partial charge in [0.1, 0.15) is 0 Å². The predicted molar refractivity (Wildman–Crippen MR) is 41.6 cm³/mol. The number of aromatic nitrogens is 2. The number of carboxylic acid groups (broad SMARTS) is 1. The molecule has 0 spiro atoms. The van der Waals surface area contributed by atoms with Crippen molar-refractivity contribution < 1.29 is 14.6 Å². The van der Waals surface area contributed by atoms with Gasteiger partial charge in [0.2, 0.25) is 0 Å². The fraction of sp³-hybridized carbons (Fsp3) is 0.333. The van der Waals surface area contributed by atoms with E-state index in [4.69, 9.17) is 16.7 Å². The van der Waals surface area contributed by atoms with E-state index >= 15 is 0 Å². The molecule has 12 heavy (non-hydrogen) atoms. The number of hydrogen-bond donors (Lipinski definition) is 1. The van der Waals surface area contributed by atoms with E-state index in [2.05, 4.69) is 9.84 Å². The summed E-state index contributed by atoms with van der Waals surface area (Å²) >= 11 is 5.68. The summed E-state index contributed by atoms with van der Waals surface area (Å²) < 4.78 is 5.76. The predicted octanol–water partition coefficient (Wildman–Crippen LogP) is 1.61. The van der Waals surface area contributed by atoms with Gasteiger partial charge in [-0.15, -0.1) is 0 Å². The Bertz CT molecular complexity index is 297. The van der Waals surface area contributed by atoms with Gasteiger partial charge in [0, 0.05) is 6.54 Å². The van der Waals surface area contributed by atoms with E-state index in [9.17, 15) is 4.79 Å². The van der Waals surface area contributed by atoms with Crippen molar-refractivity contribution in [2.75, 3.05) is 0 Å². The van der Waals surface area contributed by atoms with Gasteiger partial charge in [-0.2, -0.15) is 5.10 Å². The molecule has 1 aromatic rings. The van der Waals surface area contributed by atoms with Gasteiger partial charge >= 0.3 is 6.16 Å². The molecular formula is C6H7ClN2O3. The van der Waals surface area contributed by atoms with Gasteiger partial charge in [-0.25, -0.2) is 4.79 Å². The zero-order valence-corrected chi connectivity index (χ0v) is 7.08. The largest absolute Gasteiger partial charge is 0.511 e. The normalized spacial score (nSPS) is 9.83. The van der Waals surface area contributed by atoms with E-state index in [1.165, 1.54) is 10.9 Å². The van der Waals surface area contributed by atoms with Crippen LogP contribution < -0.4 is 4.74 Å². The second-order valence-electron chi connectivity index (χ2n) is 1.98. The number of rotatable bonds is 2. The SMILES string of the molecule is CCn1ncc(OC(=O)O)c1Cl. The molecule has 0 bridgehead atoms. The van der Waals surface area contributed by atoms with Crippen LogP contribution >= 0.6 is 11.6 Å². The van der Waals surface area contributed by atoms with Crippen molar-refractivity contribution in [2.45, 2.75) is 13.5 Å². The first-order chi connectivity index (χ1) is 5.65. The Morgan fingerprint density at radius 1 is 1.92 bits per heavy atom. The highest BCUT2D eigenvalue weighted by Crippen LogP contribution is 2.23. The Morgan fingerprint density at radius 3 is 3.00 bits per heavy atom. The van der Waals surface area contributed by atoms with Gasteiger partial charge in [0.25, 0.3) is 0 Å². The third kappa shape index (κ3) is 1.68. The number of hydrogen-bond acceptors (Lipinski definition) is 3. The highest BCUT2D eigenvalue weighted by atomic mass is 35.5. The third-order valence-corrected chi connectivity index (χ3v) is 1.62. The van der Waals surface area contributed by atoms with Crippen LogP contribution in [-0.2, 0) is 6.54 Å². The fourth-order valence-corrected chi connectivity index (χ4v) is 0.987. The molecule has 0 radical (unpaired) electrons. The van der Waals surface area contributed by atoms with Crippen molar-refractivity contribution in [2.24, 2.45) is 0 Å². The maximum Gasteiger partial charge on any atom is 0.511 e. The second-order valence-corrected chi connectivity index (χ2v) is 2.34. The monoisotopic (exact) mass is 190 g/mol. The summed E-state index contributed by atoms with van der Waals surface area (Å²) in [4.78, 5) is 10.1. The summed E-state index contributed by atoms with van der Waals surface area (Å²) in [6, 6.07) is 0. The molecule has 0 saturated heterocycles. The summed E-state index contributed by atoms with van der Waals surface area (Å²) in [6.45, 7) is 2.41. The first kappa shape index (κ1) is 8.86. The van der Waals surface area contributed by atoms with Crippen LogP contribution in [0.3, 0.4) is 0 Å². The van der Waals surface area contributed by atoms with E-state index in [0.29, 0.717) is 6.54 Å². The molecule has 0 atom stereocenters. The smallest absolute Gasteiger partial charge is 0.449 e. The zero-order valence-electron chi connectivity index (χ0n) is 6.32. The van der Waals surface area contributed by atoms with Crippen LogP contribution in [0.25, 0.3) is 0 Å². The maximum atomic E-state index is 10.1. The molecule has 1 rings (SSSR count). The number of carbonyl (C=O) groups is 1. The zero-order chi connectivity index (χ0) is 9.14. The van der Waals surface area contributed by atoms with Crippen molar-refractivity contribution in [3.63, 3.8) is 0 Å². The first-order valence-electron chi connectivity index (χ1n) is 3.27. The first-order valence-corrected chi connectivity index (χ1v) is 3.65. The molecule has 0 saturated carbocycles. The van der Waals surface area contributed by atoms with Crippen molar-refractivity contribution >= 4 is 17.8 Å². The van der Waals surface area contributed by atoms with Crippen LogP contribution in [0.15, 0.2) is 6.20 Å². The van der Waals surface area contributed by atoms with E-state index in [0.717, 1.165) is 0 Å². The molecule has 66 valence electrons. The summed E-state index contributed by atoms with van der Waals surface area (Å²) in [7, 11) is 0. The van der Waals surface area contributed by atoms with Crippen molar-refractivity contribution in [1.82, 2.24) is 9.78 Å². The molecule has 0 aliphatic rings. The van der Waals surface area contributed by atoms with Crippen LogP contribution in [0.1, 0.15) is 6.92 Å². The summed E-state index contributed by atoms with van der Waals surface area (Å²) in [5.74, 6) is 0.0611. The van der Waals surface area contributed by atoms with Crippen LogP contribution in [-0.4, -0.2) is 21.0 Å². The lowest BCUT2D eigenvalue weighted by atomic mass is 10.6. The minimum atomic E-state index is -1.40. The van der Waals surface area contributed by atoms with Gasteiger partial charge in [-0.1, -0.05) is 11.6 Å². The highest BCUT2D eigenvalue weighted by Gasteiger charge is 2.11. The van der Waals surface area contributed by atoms with Crippen LogP contribution in [0, 0.1) is 0 Å². The molecular weight excluding hydrogens is 184 g/mol. The lowest BCUT2D eigenvalue weighted by Crippen LogP contribution is -2.03. The Kier molecular flexibility index (Phi) is 2.54. The molecule has 0 amide bonds. The van der Waals surface area contributed by atoms with Gasteiger partial charge in [0.15, 0.2) is 10.9 Å². The van der Waals surface area contributed by atoms with Gasteiger partial charge in [-0.05, 0) is 6.92 Å². The molecule has 6 heteroatoms. The van der Waals surface area contributed by atoms with Gasteiger partial charge < -0.3 is 9.84 Å². The standard InChI is InChI=1S/C6H7ClN2O3/c1-2-9-5(7)4(3-8-9)12-6(10)11/h3H,2H2,1H3,(H,10,11). The molecule has 1 heterocycles. The van der Waals surface area contributed by atoms with Crippen LogP contribution in [0.5, 0.6) is 5.75 Å². The summed E-state index contributed by atoms with van der Waals surface area (Å²) in [5.41, 5.74) is 0. The molecule has 1 N–H and O–H groups in total. The van der Waals surface area contributed by atoms with E-state index in [1.54, 1.807) is 0 Å². The molecule has 0 fully saturated rings. The average Bonchev–Trinajstić information content (AvgIpc) is 2.32. The Hall–Kier alpha value is -1.23. The minimum absolute atomic E-state index is 0.0611. The van der Waals surface area contributed by atoms with E-state index in [1.807, 2.05) is 6.92 Å². The average molecular weight is 191 g/mol. The Labute approximate surface area is 73.5 Å². The van der Waals surface area contributed by atoms with Gasteiger partial charge in [0.05, 0.1) is 6.20 Å². The van der Waals surface area contributed by atoms with Crippen LogP contribution in [0.2, 0.25) is 5.15 Å². The lowest BCUT2D eigenvalue weighted by Gasteiger charge is -1.97. The summed E-state index contributed by atoms with van der Waals surface area (Å²) in [5, 5.41) is 12.2. The number of halogens is 1. The number of nitrogens with zero attached hydrogens (tertiary/aromatic N) is 2. The van der Waals surface area contributed by atoms with Crippen molar-refractivity contribution in [3.8, 4) is 5.75 Å². The molecule has 0 aliphatic carbocycles. The molecule has 1 aromatic heterocycles. The van der Waals surface area contributed by atoms with E-state index < -0.39 is 6.16 Å². The molecule has 5 nitrogen and oxygen atoms in total. The maximum absolute atomic E-state index is 10.1. The van der Waals surface area contributed by atoms with Crippen LogP contribution in [0.4, 0.5) is 4.79 Å². The van der Waals surface area contributed by atoms with E-state index in [-0.39, 0.29) is 10.9 Å². The Balaban J connectivity index is 2.87.